The van der Waals surface area contributed by atoms with Crippen molar-refractivity contribution in [2.75, 3.05) is 13.2 Å². The van der Waals surface area contributed by atoms with Crippen molar-refractivity contribution in [3.05, 3.63) is 26.7 Å². The molecule has 1 saturated heterocycles. The van der Waals surface area contributed by atoms with Crippen molar-refractivity contribution in [2.24, 2.45) is 0 Å². The zero-order valence-corrected chi connectivity index (χ0v) is 11.7. The molecule has 1 aromatic rings. The average molecular weight is 325 g/mol. The van der Waals surface area contributed by atoms with Gasteiger partial charge in [0.05, 0.1) is 10.0 Å². The number of rotatable bonds is 3. The second-order valence-corrected chi connectivity index (χ2v) is 5.47. The molecule has 88 valence electrons. The molecule has 1 N–H and O–H groups in total. The molecule has 1 fully saturated rings. The van der Waals surface area contributed by atoms with Crippen molar-refractivity contribution in [1.82, 2.24) is 5.32 Å². The Morgan fingerprint density at radius 3 is 2.88 bits per heavy atom. The molecule has 0 radical (unpaired) electrons. The van der Waals surface area contributed by atoms with Gasteiger partial charge in [-0.05, 0) is 41.4 Å². The molecule has 0 saturated carbocycles. The van der Waals surface area contributed by atoms with E-state index in [4.69, 9.17) is 27.9 Å². The Hall–Kier alpha value is 0.0400. The first-order chi connectivity index (χ1) is 7.66. The topological polar surface area (TPSA) is 21.3 Å². The summed E-state index contributed by atoms with van der Waals surface area (Å²) < 4.78 is 6.44. The highest BCUT2D eigenvalue weighted by Crippen LogP contribution is 2.34. The SMILES string of the molecule is Clc1cc(OC[C@H]2CCCN2)c(Cl)cc1Br. The standard InChI is InChI=1S/C11H12BrCl2NO/c12-8-4-10(14)11(5-9(8)13)16-6-7-2-1-3-15-7/h4-5,7,15H,1-3,6H2/t7-/m1/s1. The van der Waals surface area contributed by atoms with Gasteiger partial charge in [-0.2, -0.15) is 0 Å². The Morgan fingerprint density at radius 1 is 1.38 bits per heavy atom. The minimum absolute atomic E-state index is 0.429. The average Bonchev–Trinajstić information content (AvgIpc) is 2.74. The van der Waals surface area contributed by atoms with Gasteiger partial charge in [0.25, 0.3) is 0 Å². The fourth-order valence-electron chi connectivity index (χ4n) is 1.70. The third-order valence-electron chi connectivity index (χ3n) is 2.58. The molecule has 1 aromatic carbocycles. The van der Waals surface area contributed by atoms with Crippen LogP contribution in [-0.4, -0.2) is 19.2 Å². The Morgan fingerprint density at radius 2 is 2.19 bits per heavy atom. The lowest BCUT2D eigenvalue weighted by atomic mass is 10.2. The predicted molar refractivity (Wildman–Crippen MR) is 70.7 cm³/mol. The van der Waals surface area contributed by atoms with E-state index in [1.807, 2.05) is 0 Å². The van der Waals surface area contributed by atoms with Crippen LogP contribution in [0, 0.1) is 0 Å². The van der Waals surface area contributed by atoms with Gasteiger partial charge in [0.15, 0.2) is 0 Å². The summed E-state index contributed by atoms with van der Waals surface area (Å²) in [4.78, 5) is 0. The number of benzene rings is 1. The minimum atomic E-state index is 0.429. The van der Waals surface area contributed by atoms with Crippen molar-refractivity contribution in [3.8, 4) is 5.75 Å². The molecule has 2 nitrogen and oxygen atoms in total. The molecule has 1 aliphatic heterocycles. The van der Waals surface area contributed by atoms with E-state index in [1.54, 1.807) is 12.1 Å². The van der Waals surface area contributed by atoms with Crippen LogP contribution in [0.4, 0.5) is 0 Å². The van der Waals surface area contributed by atoms with E-state index in [2.05, 4.69) is 21.2 Å². The van der Waals surface area contributed by atoms with Crippen LogP contribution < -0.4 is 10.1 Å². The predicted octanol–water partition coefficient (Wildman–Crippen LogP) is 3.89. The van der Waals surface area contributed by atoms with E-state index < -0.39 is 0 Å². The molecule has 0 unspecified atom stereocenters. The molecule has 1 atom stereocenters. The summed E-state index contributed by atoms with van der Waals surface area (Å²) in [6.45, 7) is 1.71. The van der Waals surface area contributed by atoms with Crippen LogP contribution >= 0.6 is 39.1 Å². The fourth-order valence-corrected chi connectivity index (χ4v) is 2.55. The van der Waals surface area contributed by atoms with Crippen LogP contribution in [0.25, 0.3) is 0 Å². The maximum absolute atomic E-state index is 6.05. The van der Waals surface area contributed by atoms with Crippen LogP contribution in [0.1, 0.15) is 12.8 Å². The second kappa shape index (κ2) is 5.58. The Kier molecular flexibility index (Phi) is 4.36. The van der Waals surface area contributed by atoms with E-state index >= 15 is 0 Å². The van der Waals surface area contributed by atoms with Crippen molar-refractivity contribution < 1.29 is 4.74 Å². The molecular weight excluding hydrogens is 313 g/mol. The lowest BCUT2D eigenvalue weighted by Gasteiger charge is -2.13. The van der Waals surface area contributed by atoms with Crippen LogP contribution in [0.3, 0.4) is 0 Å². The fraction of sp³-hybridized carbons (Fsp3) is 0.455. The van der Waals surface area contributed by atoms with Gasteiger partial charge in [0.1, 0.15) is 12.4 Å². The van der Waals surface area contributed by atoms with Crippen molar-refractivity contribution in [2.45, 2.75) is 18.9 Å². The van der Waals surface area contributed by atoms with Gasteiger partial charge in [-0.15, -0.1) is 0 Å². The molecule has 16 heavy (non-hydrogen) atoms. The summed E-state index contributed by atoms with van der Waals surface area (Å²) in [5.41, 5.74) is 0. The summed E-state index contributed by atoms with van der Waals surface area (Å²) in [6.07, 6.45) is 2.37. The van der Waals surface area contributed by atoms with Crippen molar-refractivity contribution >= 4 is 39.1 Å². The quantitative estimate of drug-likeness (QED) is 0.852. The van der Waals surface area contributed by atoms with Crippen molar-refractivity contribution in [3.63, 3.8) is 0 Å². The van der Waals surface area contributed by atoms with Gasteiger partial charge in [0, 0.05) is 16.6 Å². The van der Waals surface area contributed by atoms with Gasteiger partial charge in [0.2, 0.25) is 0 Å². The van der Waals surface area contributed by atoms with E-state index in [0.29, 0.717) is 28.4 Å². The molecule has 0 aliphatic carbocycles. The van der Waals surface area contributed by atoms with Crippen LogP contribution in [0.5, 0.6) is 5.75 Å². The van der Waals surface area contributed by atoms with Crippen molar-refractivity contribution in [1.29, 1.82) is 0 Å². The monoisotopic (exact) mass is 323 g/mol. The minimum Gasteiger partial charge on any atom is -0.490 e. The number of halogens is 3. The van der Waals surface area contributed by atoms with Gasteiger partial charge in [-0.25, -0.2) is 0 Å². The molecule has 0 spiro atoms. The summed E-state index contributed by atoms with van der Waals surface area (Å²) >= 11 is 15.3. The molecule has 1 aliphatic rings. The van der Waals surface area contributed by atoms with Gasteiger partial charge in [-0.1, -0.05) is 23.2 Å². The van der Waals surface area contributed by atoms with Crippen LogP contribution in [0.15, 0.2) is 16.6 Å². The Labute approximate surface area is 113 Å². The van der Waals surface area contributed by atoms with E-state index in [9.17, 15) is 0 Å². The first-order valence-corrected chi connectivity index (χ1v) is 6.72. The molecule has 0 bridgehead atoms. The summed E-state index contributed by atoms with van der Waals surface area (Å²) in [5, 5.41) is 4.55. The zero-order chi connectivity index (χ0) is 11.5. The Bertz CT molecular complexity index is 380. The maximum atomic E-state index is 6.05. The molecule has 1 heterocycles. The smallest absolute Gasteiger partial charge is 0.139 e. The first-order valence-electron chi connectivity index (χ1n) is 5.17. The van der Waals surface area contributed by atoms with E-state index in [1.165, 1.54) is 6.42 Å². The van der Waals surface area contributed by atoms with Gasteiger partial charge in [-0.3, -0.25) is 0 Å². The highest BCUT2D eigenvalue weighted by atomic mass is 79.9. The van der Waals surface area contributed by atoms with E-state index in [-0.39, 0.29) is 0 Å². The van der Waals surface area contributed by atoms with Gasteiger partial charge < -0.3 is 10.1 Å². The largest absolute Gasteiger partial charge is 0.490 e. The number of nitrogens with one attached hydrogen (secondary N) is 1. The Balaban J connectivity index is 2.00. The molecule has 0 amide bonds. The second-order valence-electron chi connectivity index (χ2n) is 3.80. The third kappa shape index (κ3) is 3.04. The van der Waals surface area contributed by atoms with Crippen LogP contribution in [0.2, 0.25) is 10.0 Å². The molecule has 2 rings (SSSR count). The number of hydrogen-bond donors (Lipinski definition) is 1. The van der Waals surface area contributed by atoms with Gasteiger partial charge >= 0.3 is 0 Å². The lowest BCUT2D eigenvalue weighted by molar-refractivity contribution is 0.277. The third-order valence-corrected chi connectivity index (χ3v) is 4.07. The summed E-state index contributed by atoms with van der Waals surface area (Å²) in [5.74, 6) is 0.642. The maximum Gasteiger partial charge on any atom is 0.139 e. The number of hydrogen-bond acceptors (Lipinski definition) is 2. The van der Waals surface area contributed by atoms with Crippen LogP contribution in [-0.2, 0) is 0 Å². The highest BCUT2D eigenvalue weighted by Gasteiger charge is 2.15. The summed E-state index contributed by atoms with van der Waals surface area (Å²) in [7, 11) is 0. The first kappa shape index (κ1) is 12.5. The van der Waals surface area contributed by atoms with E-state index in [0.717, 1.165) is 17.4 Å². The summed E-state index contributed by atoms with van der Waals surface area (Å²) in [6, 6.07) is 3.92. The molecule has 5 heteroatoms. The zero-order valence-electron chi connectivity index (χ0n) is 8.60. The number of ether oxygens (including phenoxy) is 1. The molecular formula is C11H12BrCl2NO. The highest BCUT2D eigenvalue weighted by molar-refractivity contribution is 9.10. The molecule has 0 aromatic heterocycles. The normalized spacial score (nSPS) is 20.1. The lowest BCUT2D eigenvalue weighted by Crippen LogP contribution is -2.28.